The summed E-state index contributed by atoms with van der Waals surface area (Å²) in [5, 5.41) is 3.06. The zero-order valence-corrected chi connectivity index (χ0v) is 16.3. The van der Waals surface area contributed by atoms with Gasteiger partial charge in [0, 0.05) is 16.8 Å². The number of carbonyl (C=O) groups is 2. The molecule has 0 aliphatic heterocycles. The summed E-state index contributed by atoms with van der Waals surface area (Å²) < 4.78 is 38.8. The van der Waals surface area contributed by atoms with Gasteiger partial charge in [0.25, 0.3) is 5.91 Å². The number of nitrogens with one attached hydrogen (secondary N) is 1. The predicted molar refractivity (Wildman–Crippen MR) is 104 cm³/mol. The minimum absolute atomic E-state index is 0.0806. The van der Waals surface area contributed by atoms with Gasteiger partial charge in [0.05, 0.1) is 7.11 Å². The Morgan fingerprint density at radius 3 is 2.62 bits per heavy atom. The minimum atomic E-state index is -2.98. The van der Waals surface area contributed by atoms with Crippen LogP contribution in [-0.2, 0) is 14.3 Å². The normalized spacial score (nSPS) is 10.8. The standard InChI is InChI=1S/C20H18ClF2NO5/c1-12-3-6-14(21)10-15(12)24-18(25)11-28-19(26)8-5-13-4-7-16(29-20(22)23)17(9-13)27-2/h3-10,20H,11H2,1-2H3,(H,24,25)/b8-5+. The molecule has 0 fully saturated rings. The molecule has 1 N–H and O–H groups in total. The van der Waals surface area contributed by atoms with Crippen LogP contribution in [0.1, 0.15) is 11.1 Å². The maximum Gasteiger partial charge on any atom is 0.387 e. The summed E-state index contributed by atoms with van der Waals surface area (Å²) in [7, 11) is 1.30. The van der Waals surface area contributed by atoms with Crippen molar-refractivity contribution in [3.8, 4) is 11.5 Å². The van der Waals surface area contributed by atoms with Crippen LogP contribution in [0.5, 0.6) is 11.5 Å². The molecular formula is C20H18ClF2NO5. The molecule has 154 valence electrons. The molecule has 0 aromatic heterocycles. The first-order valence-electron chi connectivity index (χ1n) is 8.32. The predicted octanol–water partition coefficient (Wildman–Crippen LogP) is 4.45. The minimum Gasteiger partial charge on any atom is -0.493 e. The second-order valence-electron chi connectivity index (χ2n) is 5.74. The van der Waals surface area contributed by atoms with Crippen molar-refractivity contribution in [3.63, 3.8) is 0 Å². The Kier molecular flexibility index (Phi) is 7.97. The highest BCUT2D eigenvalue weighted by Crippen LogP contribution is 2.29. The SMILES string of the molecule is COc1cc(/C=C/C(=O)OCC(=O)Nc2cc(Cl)ccc2C)ccc1OC(F)F. The molecule has 0 unspecified atom stereocenters. The van der Waals surface area contributed by atoms with Crippen molar-refractivity contribution in [2.45, 2.75) is 13.5 Å². The molecule has 0 radical (unpaired) electrons. The van der Waals surface area contributed by atoms with Gasteiger partial charge < -0.3 is 19.5 Å². The highest BCUT2D eigenvalue weighted by atomic mass is 35.5. The first-order chi connectivity index (χ1) is 13.8. The molecule has 1 amide bonds. The van der Waals surface area contributed by atoms with Crippen LogP contribution in [0, 0.1) is 6.92 Å². The summed E-state index contributed by atoms with van der Waals surface area (Å²) in [6.07, 6.45) is 2.48. The summed E-state index contributed by atoms with van der Waals surface area (Å²) in [4.78, 5) is 23.7. The van der Waals surface area contributed by atoms with Crippen molar-refractivity contribution in [3.05, 3.63) is 58.6 Å². The Balaban J connectivity index is 1.90. The Morgan fingerprint density at radius 1 is 1.17 bits per heavy atom. The Bertz CT molecular complexity index is 918. The number of benzene rings is 2. The van der Waals surface area contributed by atoms with Crippen LogP contribution >= 0.6 is 11.6 Å². The fourth-order valence-corrected chi connectivity index (χ4v) is 2.42. The molecule has 0 aliphatic carbocycles. The fourth-order valence-electron chi connectivity index (χ4n) is 2.25. The van der Waals surface area contributed by atoms with Gasteiger partial charge in [-0.3, -0.25) is 4.79 Å². The number of esters is 1. The topological polar surface area (TPSA) is 73.9 Å². The van der Waals surface area contributed by atoms with E-state index in [1.807, 2.05) is 0 Å². The lowest BCUT2D eigenvalue weighted by atomic mass is 10.2. The maximum absolute atomic E-state index is 12.3. The summed E-state index contributed by atoms with van der Waals surface area (Å²) >= 11 is 5.88. The van der Waals surface area contributed by atoms with E-state index < -0.39 is 25.1 Å². The number of alkyl halides is 2. The van der Waals surface area contributed by atoms with Crippen LogP contribution in [0.2, 0.25) is 5.02 Å². The zero-order chi connectivity index (χ0) is 21.4. The molecule has 0 aliphatic rings. The van der Waals surface area contributed by atoms with E-state index in [4.69, 9.17) is 21.1 Å². The number of hydrogen-bond donors (Lipinski definition) is 1. The molecule has 2 aromatic carbocycles. The number of halogens is 3. The van der Waals surface area contributed by atoms with Gasteiger partial charge in [-0.05, 0) is 48.4 Å². The van der Waals surface area contributed by atoms with E-state index in [-0.39, 0.29) is 11.5 Å². The molecule has 2 rings (SSSR count). The average molecular weight is 426 g/mol. The van der Waals surface area contributed by atoms with Crippen LogP contribution in [0.25, 0.3) is 6.08 Å². The lowest BCUT2D eigenvalue weighted by molar-refractivity contribution is -0.142. The lowest BCUT2D eigenvalue weighted by Gasteiger charge is -2.10. The van der Waals surface area contributed by atoms with E-state index in [9.17, 15) is 18.4 Å². The smallest absolute Gasteiger partial charge is 0.387 e. The molecule has 0 saturated carbocycles. The maximum atomic E-state index is 12.3. The van der Waals surface area contributed by atoms with Gasteiger partial charge in [0.15, 0.2) is 18.1 Å². The van der Waals surface area contributed by atoms with Gasteiger partial charge in [-0.25, -0.2) is 4.79 Å². The number of methoxy groups -OCH3 is 1. The van der Waals surface area contributed by atoms with Crippen molar-refractivity contribution in [2.75, 3.05) is 19.0 Å². The molecule has 2 aromatic rings. The van der Waals surface area contributed by atoms with Crippen LogP contribution in [-0.4, -0.2) is 32.2 Å². The average Bonchev–Trinajstić information content (AvgIpc) is 2.68. The summed E-state index contributed by atoms with van der Waals surface area (Å²) in [5.41, 5.74) is 1.81. The molecule has 6 nitrogen and oxygen atoms in total. The first kappa shape index (κ1) is 22.2. The van der Waals surface area contributed by atoms with Crippen LogP contribution in [0.15, 0.2) is 42.5 Å². The van der Waals surface area contributed by atoms with Gasteiger partial charge in [0.2, 0.25) is 0 Å². The fraction of sp³-hybridized carbons (Fsp3) is 0.200. The van der Waals surface area contributed by atoms with E-state index in [0.29, 0.717) is 16.3 Å². The van der Waals surface area contributed by atoms with Gasteiger partial charge in [0.1, 0.15) is 0 Å². The number of hydrogen-bond acceptors (Lipinski definition) is 5. The molecule has 0 spiro atoms. The highest BCUT2D eigenvalue weighted by Gasteiger charge is 2.11. The Labute approximate surface area is 171 Å². The van der Waals surface area contributed by atoms with Crippen LogP contribution < -0.4 is 14.8 Å². The van der Waals surface area contributed by atoms with E-state index in [1.165, 1.54) is 31.4 Å². The van der Waals surface area contributed by atoms with Gasteiger partial charge in [-0.1, -0.05) is 23.7 Å². The molecular weight excluding hydrogens is 408 g/mol. The number of anilines is 1. The van der Waals surface area contributed by atoms with E-state index >= 15 is 0 Å². The third kappa shape index (κ3) is 7.08. The summed E-state index contributed by atoms with van der Waals surface area (Å²) in [6.45, 7) is -1.67. The Hall–Kier alpha value is -3.13. The zero-order valence-electron chi connectivity index (χ0n) is 15.6. The second-order valence-corrected chi connectivity index (χ2v) is 6.17. The van der Waals surface area contributed by atoms with Crippen molar-refractivity contribution >= 4 is 35.2 Å². The number of aryl methyl sites for hydroxylation is 1. The van der Waals surface area contributed by atoms with Gasteiger partial charge in [-0.2, -0.15) is 8.78 Å². The largest absolute Gasteiger partial charge is 0.493 e. The van der Waals surface area contributed by atoms with Crippen molar-refractivity contribution < 1.29 is 32.6 Å². The molecule has 29 heavy (non-hydrogen) atoms. The summed E-state index contributed by atoms with van der Waals surface area (Å²) in [6, 6.07) is 9.19. The van der Waals surface area contributed by atoms with Crippen molar-refractivity contribution in [1.82, 2.24) is 0 Å². The van der Waals surface area contributed by atoms with E-state index in [0.717, 1.165) is 11.6 Å². The number of rotatable bonds is 8. The molecule has 0 atom stereocenters. The van der Waals surface area contributed by atoms with Crippen LogP contribution in [0.3, 0.4) is 0 Å². The first-order valence-corrected chi connectivity index (χ1v) is 8.70. The molecule has 9 heteroatoms. The summed E-state index contributed by atoms with van der Waals surface area (Å²) in [5.74, 6) is -1.32. The third-order valence-corrected chi connectivity index (χ3v) is 3.87. The highest BCUT2D eigenvalue weighted by molar-refractivity contribution is 6.31. The number of amides is 1. The lowest BCUT2D eigenvalue weighted by Crippen LogP contribution is -2.20. The molecule has 0 saturated heterocycles. The quantitative estimate of drug-likeness (QED) is 0.499. The molecule has 0 bridgehead atoms. The second kappa shape index (κ2) is 10.4. The van der Waals surface area contributed by atoms with Gasteiger partial charge >= 0.3 is 12.6 Å². The van der Waals surface area contributed by atoms with E-state index in [1.54, 1.807) is 25.1 Å². The number of ether oxygens (including phenoxy) is 3. The van der Waals surface area contributed by atoms with Gasteiger partial charge in [-0.15, -0.1) is 0 Å². The number of carbonyl (C=O) groups excluding carboxylic acids is 2. The molecule has 0 heterocycles. The van der Waals surface area contributed by atoms with E-state index in [2.05, 4.69) is 10.1 Å². The van der Waals surface area contributed by atoms with Crippen molar-refractivity contribution in [2.24, 2.45) is 0 Å². The van der Waals surface area contributed by atoms with Crippen molar-refractivity contribution in [1.29, 1.82) is 0 Å². The Morgan fingerprint density at radius 2 is 1.93 bits per heavy atom. The monoisotopic (exact) mass is 425 g/mol. The van der Waals surface area contributed by atoms with Crippen LogP contribution in [0.4, 0.5) is 14.5 Å². The third-order valence-electron chi connectivity index (χ3n) is 3.63.